The average molecular weight is 270 g/mol. The Balaban J connectivity index is 2.85. The molecular formula is C12H15FN2O2S. The van der Waals surface area contributed by atoms with Crippen LogP contribution in [0.25, 0.3) is 0 Å². The van der Waals surface area contributed by atoms with Gasteiger partial charge in [0.1, 0.15) is 5.82 Å². The number of hydrogen-bond donors (Lipinski definition) is 1. The minimum Gasteiger partial charge on any atom is -0.370 e. The van der Waals surface area contributed by atoms with Crippen LogP contribution in [0.4, 0.5) is 10.1 Å². The molecule has 98 valence electrons. The van der Waals surface area contributed by atoms with Crippen LogP contribution in [0.2, 0.25) is 0 Å². The standard InChI is InChI=1S/C12H15FN2O2S/c1-18-8-12(17)15(7-6-11(14)16)10-4-2-9(13)3-5-10/h2-5H,6-8H2,1H3,(H2,14,16). The van der Waals surface area contributed by atoms with E-state index in [1.165, 1.54) is 40.9 Å². The zero-order valence-electron chi connectivity index (χ0n) is 10.1. The van der Waals surface area contributed by atoms with E-state index in [0.717, 1.165) is 0 Å². The molecule has 0 radical (unpaired) electrons. The van der Waals surface area contributed by atoms with Gasteiger partial charge in [0.05, 0.1) is 5.75 Å². The quantitative estimate of drug-likeness (QED) is 0.849. The van der Waals surface area contributed by atoms with Gasteiger partial charge in [-0.05, 0) is 30.5 Å². The van der Waals surface area contributed by atoms with E-state index in [0.29, 0.717) is 11.4 Å². The van der Waals surface area contributed by atoms with E-state index in [-0.39, 0.29) is 24.7 Å². The number of carbonyl (C=O) groups excluding carboxylic acids is 2. The molecule has 2 N–H and O–H groups in total. The summed E-state index contributed by atoms with van der Waals surface area (Å²) in [6, 6.07) is 5.57. The van der Waals surface area contributed by atoms with Gasteiger partial charge in [-0.3, -0.25) is 9.59 Å². The van der Waals surface area contributed by atoms with Crippen molar-refractivity contribution in [1.29, 1.82) is 0 Å². The molecule has 0 bridgehead atoms. The van der Waals surface area contributed by atoms with Crippen molar-refractivity contribution in [2.75, 3.05) is 23.5 Å². The highest BCUT2D eigenvalue weighted by molar-refractivity contribution is 7.99. The number of hydrogen-bond acceptors (Lipinski definition) is 3. The molecule has 0 saturated heterocycles. The van der Waals surface area contributed by atoms with Crippen molar-refractivity contribution in [3.05, 3.63) is 30.1 Å². The van der Waals surface area contributed by atoms with Gasteiger partial charge >= 0.3 is 0 Å². The fourth-order valence-electron chi connectivity index (χ4n) is 1.44. The topological polar surface area (TPSA) is 63.4 Å². The number of rotatable bonds is 6. The van der Waals surface area contributed by atoms with Crippen LogP contribution in [0.15, 0.2) is 24.3 Å². The van der Waals surface area contributed by atoms with Crippen LogP contribution in [0.5, 0.6) is 0 Å². The van der Waals surface area contributed by atoms with Crippen molar-refractivity contribution >= 4 is 29.3 Å². The van der Waals surface area contributed by atoms with Gasteiger partial charge in [-0.25, -0.2) is 4.39 Å². The lowest BCUT2D eigenvalue weighted by Crippen LogP contribution is -2.35. The Morgan fingerprint density at radius 3 is 2.44 bits per heavy atom. The third-order valence-corrected chi connectivity index (χ3v) is 2.82. The van der Waals surface area contributed by atoms with Crippen LogP contribution < -0.4 is 10.6 Å². The van der Waals surface area contributed by atoms with Gasteiger partial charge in [-0.1, -0.05) is 0 Å². The number of nitrogens with two attached hydrogens (primary N) is 1. The maximum atomic E-state index is 12.8. The van der Waals surface area contributed by atoms with Gasteiger partial charge in [0, 0.05) is 18.7 Å². The molecule has 1 rings (SSSR count). The van der Waals surface area contributed by atoms with E-state index in [1.54, 1.807) is 0 Å². The summed E-state index contributed by atoms with van der Waals surface area (Å²) in [5.41, 5.74) is 5.64. The van der Waals surface area contributed by atoms with E-state index in [1.807, 2.05) is 6.26 Å². The van der Waals surface area contributed by atoms with E-state index in [2.05, 4.69) is 0 Å². The number of primary amides is 1. The van der Waals surface area contributed by atoms with Crippen LogP contribution in [0, 0.1) is 5.82 Å². The lowest BCUT2D eigenvalue weighted by molar-refractivity contribution is -0.118. The summed E-state index contributed by atoms with van der Waals surface area (Å²) in [5.74, 6) is -0.670. The molecule has 0 aromatic heterocycles. The van der Waals surface area contributed by atoms with E-state index < -0.39 is 5.91 Å². The smallest absolute Gasteiger partial charge is 0.236 e. The SMILES string of the molecule is CSCC(=O)N(CCC(N)=O)c1ccc(F)cc1. The number of halogens is 1. The Labute approximate surface area is 109 Å². The Morgan fingerprint density at radius 1 is 1.33 bits per heavy atom. The fraction of sp³-hybridized carbons (Fsp3) is 0.333. The molecule has 1 aromatic rings. The second-order valence-corrected chi connectivity index (χ2v) is 4.54. The van der Waals surface area contributed by atoms with Crippen LogP contribution >= 0.6 is 11.8 Å². The largest absolute Gasteiger partial charge is 0.370 e. The molecule has 0 aliphatic heterocycles. The minimum atomic E-state index is -0.473. The van der Waals surface area contributed by atoms with Gasteiger partial charge in [0.25, 0.3) is 0 Å². The third kappa shape index (κ3) is 4.37. The molecule has 4 nitrogen and oxygen atoms in total. The zero-order valence-corrected chi connectivity index (χ0v) is 10.9. The molecule has 0 aliphatic rings. The maximum Gasteiger partial charge on any atom is 0.236 e. The van der Waals surface area contributed by atoms with Crippen LogP contribution in [-0.4, -0.2) is 30.4 Å². The lowest BCUT2D eigenvalue weighted by atomic mass is 10.2. The van der Waals surface area contributed by atoms with Crippen molar-refractivity contribution in [3.63, 3.8) is 0 Å². The predicted octanol–water partition coefficient (Wildman–Crippen LogP) is 1.40. The Hall–Kier alpha value is -1.56. The summed E-state index contributed by atoms with van der Waals surface area (Å²) in [7, 11) is 0. The zero-order chi connectivity index (χ0) is 13.5. The Kier molecular flexibility index (Phi) is 5.64. The predicted molar refractivity (Wildman–Crippen MR) is 70.9 cm³/mol. The summed E-state index contributed by atoms with van der Waals surface area (Å²) in [5, 5.41) is 0. The van der Waals surface area contributed by atoms with E-state index >= 15 is 0 Å². The Bertz CT molecular complexity index is 423. The van der Waals surface area contributed by atoms with Gasteiger partial charge < -0.3 is 10.6 Å². The van der Waals surface area contributed by atoms with E-state index in [4.69, 9.17) is 5.73 Å². The molecule has 2 amide bonds. The third-order valence-electron chi connectivity index (χ3n) is 2.29. The van der Waals surface area contributed by atoms with Crippen molar-refractivity contribution in [2.24, 2.45) is 5.73 Å². The van der Waals surface area contributed by atoms with Crippen LogP contribution in [0.1, 0.15) is 6.42 Å². The highest BCUT2D eigenvalue weighted by Gasteiger charge is 2.15. The maximum absolute atomic E-state index is 12.8. The molecular weight excluding hydrogens is 255 g/mol. The van der Waals surface area contributed by atoms with Gasteiger partial charge in [0.2, 0.25) is 11.8 Å². The second kappa shape index (κ2) is 7.00. The lowest BCUT2D eigenvalue weighted by Gasteiger charge is -2.22. The summed E-state index contributed by atoms with van der Waals surface area (Å²) in [4.78, 5) is 24.1. The number of amides is 2. The van der Waals surface area contributed by atoms with Crippen LogP contribution in [0.3, 0.4) is 0 Å². The molecule has 1 aromatic carbocycles. The average Bonchev–Trinajstić information content (AvgIpc) is 2.31. The monoisotopic (exact) mass is 270 g/mol. The van der Waals surface area contributed by atoms with Gasteiger partial charge in [-0.15, -0.1) is 0 Å². The van der Waals surface area contributed by atoms with Crippen molar-refractivity contribution in [1.82, 2.24) is 0 Å². The van der Waals surface area contributed by atoms with Crippen molar-refractivity contribution in [3.8, 4) is 0 Å². The van der Waals surface area contributed by atoms with Gasteiger partial charge in [-0.2, -0.15) is 11.8 Å². The molecule has 0 aliphatic carbocycles. The molecule has 0 atom stereocenters. The minimum absolute atomic E-state index is 0.0809. The molecule has 0 saturated carbocycles. The fourth-order valence-corrected chi connectivity index (χ4v) is 1.85. The summed E-state index contributed by atoms with van der Waals surface area (Å²) in [6.45, 7) is 0.209. The number of benzene rings is 1. The highest BCUT2D eigenvalue weighted by atomic mass is 32.2. The summed E-state index contributed by atoms with van der Waals surface area (Å²) < 4.78 is 12.8. The molecule has 18 heavy (non-hydrogen) atoms. The first-order chi connectivity index (χ1) is 8.54. The summed E-state index contributed by atoms with van der Waals surface area (Å²) in [6.07, 6.45) is 1.90. The van der Waals surface area contributed by atoms with Crippen LogP contribution in [-0.2, 0) is 9.59 Å². The second-order valence-electron chi connectivity index (χ2n) is 3.67. The number of thioether (sulfide) groups is 1. The Morgan fingerprint density at radius 2 is 1.94 bits per heavy atom. The first-order valence-electron chi connectivity index (χ1n) is 5.37. The molecule has 0 fully saturated rings. The van der Waals surface area contributed by atoms with Crippen molar-refractivity contribution < 1.29 is 14.0 Å². The number of anilines is 1. The molecule has 6 heteroatoms. The molecule has 0 spiro atoms. The number of nitrogens with zero attached hydrogens (tertiary/aromatic N) is 1. The summed E-state index contributed by atoms with van der Waals surface area (Å²) >= 11 is 1.39. The number of carbonyl (C=O) groups is 2. The first kappa shape index (κ1) is 14.5. The normalized spacial score (nSPS) is 10.1. The van der Waals surface area contributed by atoms with Gasteiger partial charge in [0.15, 0.2) is 0 Å². The van der Waals surface area contributed by atoms with Crippen molar-refractivity contribution in [2.45, 2.75) is 6.42 Å². The molecule has 0 heterocycles. The highest BCUT2D eigenvalue weighted by Crippen LogP contribution is 2.16. The first-order valence-corrected chi connectivity index (χ1v) is 6.77. The van der Waals surface area contributed by atoms with E-state index in [9.17, 15) is 14.0 Å². The molecule has 0 unspecified atom stereocenters.